The first-order valence-corrected chi connectivity index (χ1v) is 15.8. The van der Waals surface area contributed by atoms with Crippen LogP contribution in [-0.4, -0.2) is 43.3 Å². The van der Waals surface area contributed by atoms with Gasteiger partial charge in [-0.05, 0) is 63.1 Å². The fraction of sp³-hybridized carbons (Fsp3) is 0.257. The van der Waals surface area contributed by atoms with E-state index in [-0.39, 0.29) is 29.5 Å². The summed E-state index contributed by atoms with van der Waals surface area (Å²) in [5, 5.41) is 2.99. The second kappa shape index (κ2) is 13.9. The van der Waals surface area contributed by atoms with Gasteiger partial charge in [-0.25, -0.2) is 12.8 Å². The minimum absolute atomic E-state index is 0.0322. The van der Waals surface area contributed by atoms with Crippen molar-refractivity contribution in [3.63, 3.8) is 0 Å². The number of hydrogen-bond donors (Lipinski definition) is 1. The lowest BCUT2D eigenvalue weighted by Gasteiger charge is -2.35. The predicted octanol–water partition coefficient (Wildman–Crippen LogP) is 5.88. The number of hydrogen-bond acceptors (Lipinski definition) is 4. The molecule has 0 aromatic heterocycles. The van der Waals surface area contributed by atoms with Crippen molar-refractivity contribution in [2.45, 2.75) is 57.1 Å². The molecule has 4 aromatic carbocycles. The van der Waals surface area contributed by atoms with E-state index in [1.807, 2.05) is 88.4 Å². The van der Waals surface area contributed by atoms with E-state index < -0.39 is 39.9 Å². The second-order valence-electron chi connectivity index (χ2n) is 11.7. The molecule has 0 bridgehead atoms. The zero-order chi connectivity index (χ0) is 31.9. The normalized spacial score (nSPS) is 12.3. The standard InChI is InChI=1S/C35H38FN3O4S/c1-26-19-21-29(22-20-26)44(42,43)39(31-18-12-11-17-30(31)36)25-33(40)38(24-28-15-9-6-10-16-28)32(34(41)37-35(2,3)4)23-27-13-7-5-8-14-27/h5-22,32H,23-25H2,1-4H3,(H,37,41). The number of nitrogens with zero attached hydrogens (tertiary/aromatic N) is 2. The molecule has 1 atom stereocenters. The van der Waals surface area contributed by atoms with Crippen molar-refractivity contribution in [1.29, 1.82) is 0 Å². The molecule has 0 radical (unpaired) electrons. The van der Waals surface area contributed by atoms with Gasteiger partial charge in [0, 0.05) is 18.5 Å². The van der Waals surface area contributed by atoms with Crippen molar-refractivity contribution < 1.29 is 22.4 Å². The fourth-order valence-electron chi connectivity index (χ4n) is 4.79. The number of anilines is 1. The lowest BCUT2D eigenvalue weighted by Crippen LogP contribution is -2.56. The summed E-state index contributed by atoms with van der Waals surface area (Å²) in [6.45, 7) is 6.68. The molecule has 1 unspecified atom stereocenters. The summed E-state index contributed by atoms with van der Waals surface area (Å²) in [6.07, 6.45) is 0.186. The van der Waals surface area contributed by atoms with Crippen molar-refractivity contribution in [1.82, 2.24) is 10.2 Å². The molecule has 44 heavy (non-hydrogen) atoms. The predicted molar refractivity (Wildman–Crippen MR) is 171 cm³/mol. The summed E-state index contributed by atoms with van der Waals surface area (Å²) >= 11 is 0. The van der Waals surface area contributed by atoms with Gasteiger partial charge in [-0.1, -0.05) is 90.5 Å². The van der Waals surface area contributed by atoms with E-state index in [1.165, 1.54) is 35.2 Å². The van der Waals surface area contributed by atoms with E-state index in [0.29, 0.717) is 0 Å². The highest BCUT2D eigenvalue weighted by molar-refractivity contribution is 7.92. The number of benzene rings is 4. The van der Waals surface area contributed by atoms with Crippen LogP contribution < -0.4 is 9.62 Å². The number of sulfonamides is 1. The van der Waals surface area contributed by atoms with Gasteiger partial charge in [0.2, 0.25) is 11.8 Å². The molecule has 0 spiro atoms. The topological polar surface area (TPSA) is 86.8 Å². The maximum atomic E-state index is 15.2. The summed E-state index contributed by atoms with van der Waals surface area (Å²) in [6, 6.07) is 29.1. The summed E-state index contributed by atoms with van der Waals surface area (Å²) in [5.41, 5.74) is 1.56. The molecule has 230 valence electrons. The van der Waals surface area contributed by atoms with Crippen molar-refractivity contribution in [3.05, 3.63) is 132 Å². The first-order valence-electron chi connectivity index (χ1n) is 14.4. The van der Waals surface area contributed by atoms with Crippen LogP contribution >= 0.6 is 0 Å². The van der Waals surface area contributed by atoms with Gasteiger partial charge >= 0.3 is 0 Å². The first-order chi connectivity index (χ1) is 20.8. The highest BCUT2D eigenvalue weighted by Crippen LogP contribution is 2.27. The Morgan fingerprint density at radius 3 is 1.91 bits per heavy atom. The molecule has 0 heterocycles. The van der Waals surface area contributed by atoms with Crippen LogP contribution in [0.5, 0.6) is 0 Å². The smallest absolute Gasteiger partial charge is 0.264 e. The Hall–Kier alpha value is -4.50. The monoisotopic (exact) mass is 615 g/mol. The average molecular weight is 616 g/mol. The Balaban J connectivity index is 1.81. The largest absolute Gasteiger partial charge is 0.350 e. The molecule has 7 nitrogen and oxygen atoms in total. The zero-order valence-corrected chi connectivity index (χ0v) is 26.2. The third kappa shape index (κ3) is 8.32. The lowest BCUT2D eigenvalue weighted by molar-refractivity contribution is -0.140. The molecular formula is C35H38FN3O4S. The van der Waals surface area contributed by atoms with E-state index in [1.54, 1.807) is 12.1 Å². The Morgan fingerprint density at radius 2 is 1.34 bits per heavy atom. The summed E-state index contributed by atoms with van der Waals surface area (Å²) < 4.78 is 44.0. The average Bonchev–Trinajstić information content (AvgIpc) is 2.98. The van der Waals surface area contributed by atoms with Crippen LogP contribution in [0.1, 0.15) is 37.5 Å². The second-order valence-corrected chi connectivity index (χ2v) is 13.6. The molecule has 0 aliphatic carbocycles. The molecule has 0 aliphatic rings. The molecule has 0 aliphatic heterocycles. The maximum Gasteiger partial charge on any atom is 0.264 e. The van der Waals surface area contributed by atoms with Gasteiger partial charge in [0.15, 0.2) is 0 Å². The van der Waals surface area contributed by atoms with Crippen LogP contribution in [0.25, 0.3) is 0 Å². The van der Waals surface area contributed by atoms with Crippen LogP contribution in [0.3, 0.4) is 0 Å². The number of carbonyl (C=O) groups excluding carboxylic acids is 2. The molecule has 1 N–H and O–H groups in total. The van der Waals surface area contributed by atoms with E-state index >= 15 is 4.39 Å². The molecular weight excluding hydrogens is 577 g/mol. The minimum atomic E-state index is -4.38. The first kappa shape index (κ1) is 32.4. The van der Waals surface area contributed by atoms with Crippen molar-refractivity contribution >= 4 is 27.5 Å². The fourth-order valence-corrected chi connectivity index (χ4v) is 6.21. The molecule has 0 saturated heterocycles. The number of rotatable bonds is 11. The quantitative estimate of drug-likeness (QED) is 0.228. The molecule has 0 fully saturated rings. The minimum Gasteiger partial charge on any atom is -0.350 e. The number of nitrogens with one attached hydrogen (secondary N) is 1. The van der Waals surface area contributed by atoms with Gasteiger partial charge in [0.25, 0.3) is 10.0 Å². The Kier molecular flexibility index (Phi) is 10.2. The van der Waals surface area contributed by atoms with Gasteiger partial charge in [-0.2, -0.15) is 0 Å². The molecule has 4 rings (SSSR count). The third-order valence-corrected chi connectivity index (χ3v) is 8.75. The number of aryl methyl sites for hydroxylation is 1. The summed E-state index contributed by atoms with van der Waals surface area (Å²) in [5.74, 6) is -1.83. The molecule has 0 saturated carbocycles. The molecule has 2 amide bonds. The van der Waals surface area contributed by atoms with E-state index in [2.05, 4.69) is 5.32 Å². The van der Waals surface area contributed by atoms with Crippen molar-refractivity contribution in [3.8, 4) is 0 Å². The molecule has 4 aromatic rings. The van der Waals surface area contributed by atoms with Crippen LogP contribution in [0, 0.1) is 12.7 Å². The van der Waals surface area contributed by atoms with Gasteiger partial charge in [-0.15, -0.1) is 0 Å². The van der Waals surface area contributed by atoms with Crippen LogP contribution in [0.2, 0.25) is 0 Å². The van der Waals surface area contributed by atoms with Gasteiger partial charge in [0.1, 0.15) is 18.4 Å². The lowest BCUT2D eigenvalue weighted by atomic mass is 10.0. The maximum absolute atomic E-state index is 15.2. The Labute approximate surface area is 259 Å². The van der Waals surface area contributed by atoms with Crippen LogP contribution in [0.15, 0.2) is 114 Å². The SMILES string of the molecule is Cc1ccc(S(=O)(=O)N(CC(=O)N(Cc2ccccc2)C(Cc2ccccc2)C(=O)NC(C)(C)C)c2ccccc2F)cc1. The van der Waals surface area contributed by atoms with Crippen LogP contribution in [0.4, 0.5) is 10.1 Å². The zero-order valence-electron chi connectivity index (χ0n) is 25.4. The van der Waals surface area contributed by atoms with E-state index in [0.717, 1.165) is 27.1 Å². The van der Waals surface area contributed by atoms with Gasteiger partial charge in [0.05, 0.1) is 10.6 Å². The highest BCUT2D eigenvalue weighted by atomic mass is 32.2. The molecule has 9 heteroatoms. The third-order valence-electron chi connectivity index (χ3n) is 6.97. The van der Waals surface area contributed by atoms with Gasteiger partial charge < -0.3 is 10.2 Å². The highest BCUT2D eigenvalue weighted by Gasteiger charge is 2.36. The number of carbonyl (C=O) groups is 2. The number of amides is 2. The van der Waals surface area contributed by atoms with Gasteiger partial charge in [-0.3, -0.25) is 13.9 Å². The van der Waals surface area contributed by atoms with Crippen molar-refractivity contribution in [2.24, 2.45) is 0 Å². The van der Waals surface area contributed by atoms with Crippen LogP contribution in [-0.2, 0) is 32.6 Å². The number of para-hydroxylation sites is 1. The van der Waals surface area contributed by atoms with Crippen molar-refractivity contribution in [2.75, 3.05) is 10.8 Å². The number of halogens is 1. The summed E-state index contributed by atoms with van der Waals surface area (Å²) in [4.78, 5) is 29.6. The Morgan fingerprint density at radius 1 is 0.795 bits per heavy atom. The van der Waals surface area contributed by atoms with E-state index in [9.17, 15) is 18.0 Å². The summed E-state index contributed by atoms with van der Waals surface area (Å²) in [7, 11) is -4.38. The van der Waals surface area contributed by atoms with E-state index in [4.69, 9.17) is 0 Å². The Bertz CT molecular complexity index is 1670.